The Morgan fingerprint density at radius 3 is 2.53 bits per heavy atom. The van der Waals surface area contributed by atoms with Gasteiger partial charge in [-0.05, 0) is 30.8 Å². The van der Waals surface area contributed by atoms with Crippen LogP contribution in [0.4, 0.5) is 5.69 Å². The summed E-state index contributed by atoms with van der Waals surface area (Å²) in [6, 6.07) is 15.1. The highest BCUT2D eigenvalue weighted by atomic mass is 15.1. The van der Waals surface area contributed by atoms with Gasteiger partial charge in [0.15, 0.2) is 0 Å². The number of hydrogen-bond donors (Lipinski definition) is 1. The van der Waals surface area contributed by atoms with E-state index in [0.717, 1.165) is 13.1 Å². The molecule has 1 saturated carbocycles. The molecule has 2 nitrogen and oxygen atoms in total. The highest BCUT2D eigenvalue weighted by Gasteiger charge is 2.36. The van der Waals surface area contributed by atoms with E-state index in [4.69, 9.17) is 5.73 Å². The van der Waals surface area contributed by atoms with Gasteiger partial charge in [0.25, 0.3) is 0 Å². The summed E-state index contributed by atoms with van der Waals surface area (Å²) >= 11 is 0. The van der Waals surface area contributed by atoms with Crippen LogP contribution < -0.4 is 10.6 Å². The molecule has 1 aliphatic carbocycles. The van der Waals surface area contributed by atoms with Crippen LogP contribution in [0.1, 0.15) is 19.3 Å². The molecule has 2 aromatic carbocycles. The molecule has 0 aromatic heterocycles. The third kappa shape index (κ3) is 2.21. The first kappa shape index (κ1) is 12.5. The average molecular weight is 254 g/mol. The molecule has 1 fully saturated rings. The molecule has 0 saturated heterocycles. The minimum atomic E-state index is 0.353. The number of nitrogens with zero attached hydrogens (tertiary/aromatic N) is 1. The molecule has 3 rings (SSSR count). The topological polar surface area (TPSA) is 29.3 Å². The van der Waals surface area contributed by atoms with E-state index in [2.05, 4.69) is 54.4 Å². The second kappa shape index (κ2) is 4.86. The number of rotatable bonds is 4. The summed E-state index contributed by atoms with van der Waals surface area (Å²) in [5.74, 6) is 0. The van der Waals surface area contributed by atoms with Gasteiger partial charge in [-0.2, -0.15) is 0 Å². The number of benzene rings is 2. The van der Waals surface area contributed by atoms with Crippen molar-refractivity contribution in [1.29, 1.82) is 0 Å². The lowest BCUT2D eigenvalue weighted by atomic mass is 9.68. The molecule has 2 aromatic rings. The fourth-order valence-electron chi connectivity index (χ4n) is 3.23. The molecule has 2 heteroatoms. The lowest BCUT2D eigenvalue weighted by molar-refractivity contribution is 0.154. The Kier molecular flexibility index (Phi) is 3.19. The zero-order valence-corrected chi connectivity index (χ0v) is 11.6. The molecular formula is C17H22N2. The van der Waals surface area contributed by atoms with Gasteiger partial charge in [-0.25, -0.2) is 0 Å². The average Bonchev–Trinajstić information content (AvgIpc) is 2.42. The largest absolute Gasteiger partial charge is 0.373 e. The maximum Gasteiger partial charge on any atom is 0.0443 e. The summed E-state index contributed by atoms with van der Waals surface area (Å²) in [4.78, 5) is 2.38. The molecule has 100 valence electrons. The van der Waals surface area contributed by atoms with Crippen molar-refractivity contribution < 1.29 is 0 Å². The van der Waals surface area contributed by atoms with Crippen molar-refractivity contribution in [3.8, 4) is 0 Å². The molecule has 0 atom stereocenters. The maximum atomic E-state index is 5.98. The minimum absolute atomic E-state index is 0.353. The second-order valence-corrected chi connectivity index (χ2v) is 5.91. The Hall–Kier alpha value is -1.54. The maximum absolute atomic E-state index is 5.98. The Morgan fingerprint density at radius 1 is 1.11 bits per heavy atom. The Bertz CT molecular complexity index is 561. The Balaban J connectivity index is 1.91. The van der Waals surface area contributed by atoms with E-state index in [1.165, 1.54) is 35.7 Å². The first-order chi connectivity index (χ1) is 9.24. The summed E-state index contributed by atoms with van der Waals surface area (Å²) in [6.45, 7) is 1.87. The van der Waals surface area contributed by atoms with E-state index in [9.17, 15) is 0 Å². The summed E-state index contributed by atoms with van der Waals surface area (Å²) in [6.07, 6.45) is 3.89. The molecule has 19 heavy (non-hydrogen) atoms. The van der Waals surface area contributed by atoms with Gasteiger partial charge in [0.1, 0.15) is 0 Å². The Labute approximate surface area is 115 Å². The summed E-state index contributed by atoms with van der Waals surface area (Å²) in [5, 5.41) is 2.64. The predicted octanol–water partition coefficient (Wildman–Crippen LogP) is 3.41. The normalized spacial score (nSPS) is 17.2. The fraction of sp³-hybridized carbons (Fsp3) is 0.412. The molecular weight excluding hydrogens is 232 g/mol. The minimum Gasteiger partial charge on any atom is -0.373 e. The number of anilines is 1. The summed E-state index contributed by atoms with van der Waals surface area (Å²) in [7, 11) is 2.19. The highest BCUT2D eigenvalue weighted by Crippen LogP contribution is 2.41. The first-order valence-electron chi connectivity index (χ1n) is 7.13. The van der Waals surface area contributed by atoms with Crippen LogP contribution in [-0.2, 0) is 0 Å². The molecule has 0 spiro atoms. The molecule has 2 N–H and O–H groups in total. The van der Waals surface area contributed by atoms with Gasteiger partial charge in [0, 0.05) is 30.1 Å². The second-order valence-electron chi connectivity index (χ2n) is 5.91. The molecule has 0 heterocycles. The Morgan fingerprint density at radius 2 is 1.84 bits per heavy atom. The zero-order chi connectivity index (χ0) is 13.3. The highest BCUT2D eigenvalue weighted by molar-refractivity contribution is 5.94. The van der Waals surface area contributed by atoms with Gasteiger partial charge >= 0.3 is 0 Å². The molecule has 0 aliphatic heterocycles. The number of nitrogens with two attached hydrogens (primary N) is 1. The molecule has 0 unspecified atom stereocenters. The van der Waals surface area contributed by atoms with Crippen molar-refractivity contribution in [3.63, 3.8) is 0 Å². The lowest BCUT2D eigenvalue weighted by Gasteiger charge is -2.44. The van der Waals surface area contributed by atoms with E-state index in [1.54, 1.807) is 0 Å². The van der Waals surface area contributed by atoms with Crippen LogP contribution in [0.2, 0.25) is 0 Å². The number of hydrogen-bond acceptors (Lipinski definition) is 2. The van der Waals surface area contributed by atoms with E-state index < -0.39 is 0 Å². The summed E-state index contributed by atoms with van der Waals surface area (Å²) < 4.78 is 0. The van der Waals surface area contributed by atoms with E-state index in [1.807, 2.05) is 0 Å². The first-order valence-corrected chi connectivity index (χ1v) is 7.13. The van der Waals surface area contributed by atoms with Gasteiger partial charge in [-0.15, -0.1) is 0 Å². The zero-order valence-electron chi connectivity index (χ0n) is 11.6. The van der Waals surface area contributed by atoms with Gasteiger partial charge < -0.3 is 10.6 Å². The monoisotopic (exact) mass is 254 g/mol. The lowest BCUT2D eigenvalue weighted by Crippen LogP contribution is -2.46. The van der Waals surface area contributed by atoms with Crippen molar-refractivity contribution in [1.82, 2.24) is 0 Å². The van der Waals surface area contributed by atoms with E-state index >= 15 is 0 Å². The predicted molar refractivity (Wildman–Crippen MR) is 82.6 cm³/mol. The molecule has 0 amide bonds. The van der Waals surface area contributed by atoms with Crippen molar-refractivity contribution in [2.24, 2.45) is 11.1 Å². The molecule has 0 bridgehead atoms. The van der Waals surface area contributed by atoms with Crippen molar-refractivity contribution in [3.05, 3.63) is 42.5 Å². The van der Waals surface area contributed by atoms with Crippen LogP contribution in [-0.4, -0.2) is 20.1 Å². The van der Waals surface area contributed by atoms with Crippen LogP contribution in [0.25, 0.3) is 10.8 Å². The molecule has 0 radical (unpaired) electrons. The molecule has 1 aliphatic rings. The number of fused-ring (bicyclic) bond motifs is 1. The van der Waals surface area contributed by atoms with E-state index in [-0.39, 0.29) is 0 Å². The van der Waals surface area contributed by atoms with Crippen LogP contribution in [0.5, 0.6) is 0 Å². The van der Waals surface area contributed by atoms with Crippen LogP contribution in [0, 0.1) is 5.41 Å². The van der Waals surface area contributed by atoms with E-state index in [0.29, 0.717) is 5.41 Å². The van der Waals surface area contributed by atoms with Crippen LogP contribution >= 0.6 is 0 Å². The van der Waals surface area contributed by atoms with Crippen molar-refractivity contribution in [2.75, 3.05) is 25.0 Å². The van der Waals surface area contributed by atoms with Gasteiger partial charge in [0.2, 0.25) is 0 Å². The standard InChI is InChI=1S/C17H22N2/c1-19(13-17(12-18)10-5-11-17)16-9-4-7-14-6-2-3-8-15(14)16/h2-4,6-9H,5,10-13,18H2,1H3. The quantitative estimate of drug-likeness (QED) is 0.906. The third-order valence-corrected chi connectivity index (χ3v) is 4.60. The SMILES string of the molecule is CN(CC1(CN)CCC1)c1cccc2ccccc12. The van der Waals surface area contributed by atoms with Crippen LogP contribution in [0.3, 0.4) is 0 Å². The third-order valence-electron chi connectivity index (χ3n) is 4.60. The van der Waals surface area contributed by atoms with Crippen molar-refractivity contribution >= 4 is 16.5 Å². The summed E-state index contributed by atoms with van der Waals surface area (Å²) in [5.41, 5.74) is 7.65. The van der Waals surface area contributed by atoms with Gasteiger partial charge in [0.05, 0.1) is 0 Å². The smallest absolute Gasteiger partial charge is 0.0443 e. The fourth-order valence-corrected chi connectivity index (χ4v) is 3.23. The van der Waals surface area contributed by atoms with Crippen molar-refractivity contribution in [2.45, 2.75) is 19.3 Å². The van der Waals surface area contributed by atoms with Crippen LogP contribution in [0.15, 0.2) is 42.5 Å². The van der Waals surface area contributed by atoms with Gasteiger partial charge in [-0.1, -0.05) is 42.8 Å². The van der Waals surface area contributed by atoms with Gasteiger partial charge in [-0.3, -0.25) is 0 Å².